The number of sulfonamides is 1. The molecule has 0 heterocycles. The molecule has 1 atom stereocenters. The largest absolute Gasteiger partial charge is 0.416 e. The van der Waals surface area contributed by atoms with Crippen molar-refractivity contribution in [3.8, 4) is 0 Å². The molecule has 0 aliphatic rings. The van der Waals surface area contributed by atoms with Crippen molar-refractivity contribution < 1.29 is 31.2 Å². The van der Waals surface area contributed by atoms with Crippen LogP contribution < -0.4 is 14.9 Å². The first-order chi connectivity index (χ1) is 17.8. The summed E-state index contributed by atoms with van der Waals surface area (Å²) >= 11 is 0. The standard InChI is InChI=1S/C27H28F3N3O4S/c1-4-19(3)31-26(35)23-10-5-6-11-24(23)32-25(34)17-33(21-9-7-8-20(16-21)27(28,29)30)38(36,37)22-14-12-18(2)13-15-22/h5-16,19H,4,17H2,1-3H3,(H,31,35)(H,32,34)/t19-/m1/s1. The highest BCUT2D eigenvalue weighted by Crippen LogP contribution is 2.33. The molecule has 2 N–H and O–H groups in total. The monoisotopic (exact) mass is 547 g/mol. The van der Waals surface area contributed by atoms with E-state index in [1.54, 1.807) is 31.2 Å². The zero-order chi connectivity index (χ0) is 28.1. The van der Waals surface area contributed by atoms with Crippen LogP contribution in [0.3, 0.4) is 0 Å². The Hall–Kier alpha value is -3.86. The molecule has 0 radical (unpaired) electrons. The Labute approximate surface area is 219 Å². The number of para-hydroxylation sites is 1. The first-order valence-corrected chi connectivity index (χ1v) is 13.2. The van der Waals surface area contributed by atoms with Crippen molar-refractivity contribution in [2.75, 3.05) is 16.2 Å². The highest BCUT2D eigenvalue weighted by atomic mass is 32.2. The van der Waals surface area contributed by atoms with E-state index in [4.69, 9.17) is 0 Å². The van der Waals surface area contributed by atoms with Gasteiger partial charge >= 0.3 is 6.18 Å². The van der Waals surface area contributed by atoms with Crippen LogP contribution in [-0.2, 0) is 21.0 Å². The third-order valence-corrected chi connectivity index (χ3v) is 7.58. The van der Waals surface area contributed by atoms with Crippen LogP contribution in [0.25, 0.3) is 0 Å². The Kier molecular flexibility index (Phi) is 8.82. The van der Waals surface area contributed by atoms with Gasteiger partial charge in [-0.1, -0.05) is 42.8 Å². The Morgan fingerprint density at radius 2 is 1.63 bits per heavy atom. The van der Waals surface area contributed by atoms with Crippen molar-refractivity contribution in [3.05, 3.63) is 89.5 Å². The van der Waals surface area contributed by atoms with Crippen LogP contribution in [-0.4, -0.2) is 32.8 Å². The summed E-state index contributed by atoms with van der Waals surface area (Å²) in [6, 6.07) is 15.5. The SMILES string of the molecule is CC[C@@H](C)NC(=O)c1ccccc1NC(=O)CN(c1cccc(C(F)(F)F)c1)S(=O)(=O)c1ccc(C)cc1. The summed E-state index contributed by atoms with van der Waals surface area (Å²) in [4.78, 5) is 25.6. The lowest BCUT2D eigenvalue weighted by Crippen LogP contribution is -2.39. The highest BCUT2D eigenvalue weighted by molar-refractivity contribution is 7.92. The van der Waals surface area contributed by atoms with Gasteiger partial charge in [0.25, 0.3) is 15.9 Å². The van der Waals surface area contributed by atoms with Crippen molar-refractivity contribution in [1.82, 2.24) is 5.32 Å². The zero-order valence-electron chi connectivity index (χ0n) is 21.0. The number of carbonyl (C=O) groups is 2. The molecule has 3 rings (SSSR count). The molecule has 0 saturated heterocycles. The molecule has 7 nitrogen and oxygen atoms in total. The average Bonchev–Trinajstić information content (AvgIpc) is 2.87. The number of nitrogens with zero attached hydrogens (tertiary/aromatic N) is 1. The molecule has 2 amide bonds. The van der Waals surface area contributed by atoms with Gasteiger partial charge in [-0.05, 0) is 62.7 Å². The second-order valence-corrected chi connectivity index (χ2v) is 10.6. The van der Waals surface area contributed by atoms with Crippen LogP contribution in [0, 0.1) is 6.92 Å². The normalized spacial score (nSPS) is 12.5. The molecule has 202 valence electrons. The number of halogens is 3. The predicted molar refractivity (Wildman–Crippen MR) is 139 cm³/mol. The van der Waals surface area contributed by atoms with Crippen molar-refractivity contribution in [1.29, 1.82) is 0 Å². The van der Waals surface area contributed by atoms with Crippen LogP contribution >= 0.6 is 0 Å². The van der Waals surface area contributed by atoms with Crippen LogP contribution in [0.2, 0.25) is 0 Å². The van der Waals surface area contributed by atoms with Gasteiger partial charge in [0.05, 0.1) is 27.4 Å². The van der Waals surface area contributed by atoms with Gasteiger partial charge in [0.2, 0.25) is 5.91 Å². The Bertz CT molecular complexity index is 1410. The maximum atomic E-state index is 13.5. The van der Waals surface area contributed by atoms with Gasteiger partial charge in [-0.15, -0.1) is 0 Å². The van der Waals surface area contributed by atoms with E-state index in [9.17, 15) is 31.2 Å². The second kappa shape index (κ2) is 11.7. The maximum absolute atomic E-state index is 13.5. The maximum Gasteiger partial charge on any atom is 0.416 e. The minimum atomic E-state index is -4.72. The number of carbonyl (C=O) groups excluding carboxylic acids is 2. The molecule has 0 saturated carbocycles. The molecule has 38 heavy (non-hydrogen) atoms. The van der Waals surface area contributed by atoms with Crippen LogP contribution in [0.15, 0.2) is 77.7 Å². The number of benzene rings is 3. The van der Waals surface area contributed by atoms with E-state index < -0.39 is 40.1 Å². The summed E-state index contributed by atoms with van der Waals surface area (Å²) in [6.07, 6.45) is -4.04. The molecule has 3 aromatic carbocycles. The molecular formula is C27H28F3N3O4S. The summed E-state index contributed by atoms with van der Waals surface area (Å²) in [6.45, 7) is 4.64. The number of hydrogen-bond donors (Lipinski definition) is 2. The fraction of sp³-hybridized carbons (Fsp3) is 0.259. The lowest BCUT2D eigenvalue weighted by Gasteiger charge is -2.25. The number of anilines is 2. The third-order valence-electron chi connectivity index (χ3n) is 5.79. The fourth-order valence-corrected chi connectivity index (χ4v) is 4.92. The fourth-order valence-electron chi connectivity index (χ4n) is 3.50. The number of rotatable bonds is 9. The van der Waals surface area contributed by atoms with Gasteiger partial charge in [0, 0.05) is 6.04 Å². The van der Waals surface area contributed by atoms with E-state index in [1.165, 1.54) is 30.3 Å². The smallest absolute Gasteiger partial charge is 0.350 e. The summed E-state index contributed by atoms with van der Waals surface area (Å²) in [5.74, 6) is -1.28. The Morgan fingerprint density at radius 3 is 2.26 bits per heavy atom. The minimum Gasteiger partial charge on any atom is -0.350 e. The second-order valence-electron chi connectivity index (χ2n) is 8.75. The molecule has 0 bridgehead atoms. The van der Waals surface area contributed by atoms with Crippen LogP contribution in [0.4, 0.5) is 24.5 Å². The molecule has 3 aromatic rings. The van der Waals surface area contributed by atoms with E-state index in [2.05, 4.69) is 10.6 Å². The number of hydrogen-bond acceptors (Lipinski definition) is 4. The Morgan fingerprint density at radius 1 is 0.974 bits per heavy atom. The molecular weight excluding hydrogens is 519 g/mol. The number of amides is 2. The van der Waals surface area contributed by atoms with Gasteiger partial charge in [0.1, 0.15) is 6.54 Å². The summed E-state index contributed by atoms with van der Waals surface area (Å²) in [5, 5.41) is 5.33. The van der Waals surface area contributed by atoms with E-state index in [0.29, 0.717) is 16.8 Å². The molecule has 0 aromatic heterocycles. The predicted octanol–water partition coefficient (Wildman–Crippen LogP) is 5.38. The van der Waals surface area contributed by atoms with Crippen molar-refractivity contribution in [2.24, 2.45) is 0 Å². The van der Waals surface area contributed by atoms with Crippen LogP contribution in [0.1, 0.15) is 41.8 Å². The summed E-state index contributed by atoms with van der Waals surface area (Å²) in [5.41, 5.74) is -0.326. The average molecular weight is 548 g/mol. The third kappa shape index (κ3) is 6.91. The van der Waals surface area contributed by atoms with Crippen molar-refractivity contribution in [2.45, 2.75) is 44.3 Å². The van der Waals surface area contributed by atoms with Gasteiger partial charge in [-0.25, -0.2) is 8.42 Å². The highest BCUT2D eigenvalue weighted by Gasteiger charge is 2.33. The molecule has 0 spiro atoms. The van der Waals surface area contributed by atoms with E-state index in [0.717, 1.165) is 17.7 Å². The van der Waals surface area contributed by atoms with Gasteiger partial charge in [-0.3, -0.25) is 13.9 Å². The lowest BCUT2D eigenvalue weighted by atomic mass is 10.1. The van der Waals surface area contributed by atoms with Gasteiger partial charge < -0.3 is 10.6 Å². The van der Waals surface area contributed by atoms with Crippen molar-refractivity contribution in [3.63, 3.8) is 0 Å². The Balaban J connectivity index is 1.98. The van der Waals surface area contributed by atoms with Crippen molar-refractivity contribution >= 4 is 33.2 Å². The minimum absolute atomic E-state index is 0.123. The molecule has 0 unspecified atom stereocenters. The van der Waals surface area contributed by atoms with E-state index >= 15 is 0 Å². The number of alkyl halides is 3. The molecule has 0 aliphatic heterocycles. The molecule has 0 aliphatic carbocycles. The quantitative estimate of drug-likeness (QED) is 0.376. The summed E-state index contributed by atoms with van der Waals surface area (Å²) in [7, 11) is -4.44. The van der Waals surface area contributed by atoms with E-state index in [-0.39, 0.29) is 27.9 Å². The zero-order valence-corrected chi connectivity index (χ0v) is 21.9. The first-order valence-electron chi connectivity index (χ1n) is 11.8. The summed E-state index contributed by atoms with van der Waals surface area (Å²) < 4.78 is 67.8. The number of aryl methyl sites for hydroxylation is 1. The topological polar surface area (TPSA) is 95.6 Å². The van der Waals surface area contributed by atoms with Crippen LogP contribution in [0.5, 0.6) is 0 Å². The lowest BCUT2D eigenvalue weighted by molar-refractivity contribution is -0.137. The van der Waals surface area contributed by atoms with Gasteiger partial charge in [0.15, 0.2) is 0 Å². The van der Waals surface area contributed by atoms with Gasteiger partial charge in [-0.2, -0.15) is 13.2 Å². The molecule has 11 heteroatoms. The first kappa shape index (κ1) is 28.7. The van der Waals surface area contributed by atoms with E-state index in [1.807, 2.05) is 13.8 Å². The number of nitrogens with one attached hydrogen (secondary N) is 2. The molecule has 0 fully saturated rings.